The Morgan fingerprint density at radius 1 is 0.884 bits per heavy atom. The van der Waals surface area contributed by atoms with Gasteiger partial charge in [-0.1, -0.05) is 36.4 Å². The molecule has 3 N–H and O–H groups in total. The third-order valence-electron chi connectivity index (χ3n) is 8.13. The zero-order valence-electron chi connectivity index (χ0n) is 23.4. The minimum Gasteiger partial charge on any atom is -0.394 e. The molecule has 2 aromatic carbocycles. The summed E-state index contributed by atoms with van der Waals surface area (Å²) in [4.78, 5) is 57.0. The zero-order valence-corrected chi connectivity index (χ0v) is 23.4. The fourth-order valence-electron chi connectivity index (χ4n) is 6.05. The van der Waals surface area contributed by atoms with Gasteiger partial charge < -0.3 is 14.9 Å². The van der Waals surface area contributed by atoms with E-state index in [0.717, 1.165) is 4.57 Å². The Morgan fingerprint density at radius 3 is 1.86 bits per heavy atom. The minimum atomic E-state index is -1.11. The van der Waals surface area contributed by atoms with Crippen LogP contribution < -0.4 is 21.3 Å². The van der Waals surface area contributed by atoms with Crippen LogP contribution in [0.3, 0.4) is 0 Å². The topological polar surface area (TPSA) is 170 Å². The minimum absolute atomic E-state index is 0.0173. The maximum absolute atomic E-state index is 14.1. The van der Waals surface area contributed by atoms with Gasteiger partial charge in [0.25, 0.3) is 17.4 Å². The van der Waals surface area contributed by atoms with Gasteiger partial charge >= 0.3 is 5.69 Å². The average Bonchev–Trinajstić information content (AvgIpc) is 3.63. The molecule has 2 unspecified atom stereocenters. The van der Waals surface area contributed by atoms with E-state index in [-0.39, 0.29) is 12.0 Å². The molecule has 43 heavy (non-hydrogen) atoms. The van der Waals surface area contributed by atoms with Crippen molar-refractivity contribution in [2.24, 2.45) is 22.0 Å². The molecule has 0 saturated carbocycles. The van der Waals surface area contributed by atoms with Crippen LogP contribution in [0.2, 0.25) is 0 Å². The lowest BCUT2D eigenvalue weighted by Gasteiger charge is -2.28. The predicted octanol–water partition coefficient (Wildman–Crippen LogP) is 1.34. The Labute approximate surface area is 245 Å². The Morgan fingerprint density at radius 2 is 1.40 bits per heavy atom. The van der Waals surface area contributed by atoms with Gasteiger partial charge in [-0.3, -0.25) is 23.9 Å². The summed E-state index contributed by atoms with van der Waals surface area (Å²) in [5.41, 5.74) is 0.197. The summed E-state index contributed by atoms with van der Waals surface area (Å²) >= 11 is 0. The second-order valence-corrected chi connectivity index (χ2v) is 10.8. The van der Waals surface area contributed by atoms with Crippen LogP contribution in [0.4, 0.5) is 11.4 Å². The summed E-state index contributed by atoms with van der Waals surface area (Å²) < 4.78 is 6.81. The standard InChI is InChI=1S/C30H30N6O7/c1-16-24(28(40)35(32-16)18-9-5-3-6-10-18)26(25-17(2)33-36(29(25)41)19-11-7-4-8-12-19)20-14-34(30(42)31-27(20)39)23-13-21(38)22(15-37)43-23/h3-12,14,21-26,37-38H,13,15H2,1-2H3,(H,31,39,42)/t21-,22+,23+,24?,25?,26?/m0/s1. The summed E-state index contributed by atoms with van der Waals surface area (Å²) in [5.74, 6) is -4.11. The van der Waals surface area contributed by atoms with Crippen molar-refractivity contribution in [2.75, 3.05) is 16.6 Å². The van der Waals surface area contributed by atoms with Crippen LogP contribution in [0.15, 0.2) is 86.7 Å². The largest absolute Gasteiger partial charge is 0.394 e. The van der Waals surface area contributed by atoms with Crippen molar-refractivity contribution >= 4 is 34.6 Å². The molecule has 5 atom stereocenters. The molecule has 2 amide bonds. The number of nitrogens with zero attached hydrogens (tertiary/aromatic N) is 5. The quantitative estimate of drug-likeness (QED) is 0.375. The monoisotopic (exact) mass is 586 g/mol. The number of nitrogens with one attached hydrogen (secondary N) is 1. The zero-order chi connectivity index (χ0) is 30.4. The van der Waals surface area contributed by atoms with Gasteiger partial charge in [0, 0.05) is 35.5 Å². The number of hydrogen-bond donors (Lipinski definition) is 3. The van der Waals surface area contributed by atoms with E-state index in [9.17, 15) is 29.4 Å². The van der Waals surface area contributed by atoms with Crippen molar-refractivity contribution in [1.29, 1.82) is 0 Å². The van der Waals surface area contributed by atoms with E-state index >= 15 is 0 Å². The van der Waals surface area contributed by atoms with Crippen LogP contribution in [0.5, 0.6) is 0 Å². The number of aromatic nitrogens is 2. The van der Waals surface area contributed by atoms with E-state index in [1.54, 1.807) is 62.4 Å². The molecule has 6 rings (SSSR count). The smallest absolute Gasteiger partial charge is 0.330 e. The molecule has 0 radical (unpaired) electrons. The first-order valence-corrected chi connectivity index (χ1v) is 13.9. The first-order valence-electron chi connectivity index (χ1n) is 13.9. The van der Waals surface area contributed by atoms with E-state index in [1.807, 2.05) is 12.1 Å². The third-order valence-corrected chi connectivity index (χ3v) is 8.13. The highest BCUT2D eigenvalue weighted by Crippen LogP contribution is 2.42. The van der Waals surface area contributed by atoms with Gasteiger partial charge in [0.2, 0.25) is 0 Å². The second-order valence-electron chi connectivity index (χ2n) is 10.8. The summed E-state index contributed by atoms with van der Waals surface area (Å²) in [6.07, 6.45) is -1.69. The van der Waals surface area contributed by atoms with Crippen LogP contribution in [-0.2, 0) is 14.3 Å². The van der Waals surface area contributed by atoms with E-state index in [0.29, 0.717) is 22.8 Å². The molecule has 0 bridgehead atoms. The van der Waals surface area contributed by atoms with Gasteiger partial charge in [0.1, 0.15) is 12.3 Å². The van der Waals surface area contributed by atoms with Crippen molar-refractivity contribution < 1.29 is 24.5 Å². The number of hydrogen-bond acceptors (Lipinski definition) is 9. The summed E-state index contributed by atoms with van der Waals surface area (Å²) in [6.45, 7) is 2.85. The fourth-order valence-corrected chi connectivity index (χ4v) is 6.05. The highest BCUT2D eigenvalue weighted by Gasteiger charge is 2.51. The maximum atomic E-state index is 14.1. The van der Waals surface area contributed by atoms with Gasteiger partial charge in [-0.25, -0.2) is 14.8 Å². The lowest BCUT2D eigenvalue weighted by molar-refractivity contribution is -0.122. The van der Waals surface area contributed by atoms with Gasteiger partial charge in [0.05, 0.1) is 35.9 Å². The Hall–Kier alpha value is -4.72. The fraction of sp³-hybridized carbons (Fsp3) is 0.333. The third kappa shape index (κ3) is 4.90. The predicted molar refractivity (Wildman–Crippen MR) is 157 cm³/mol. The Balaban J connectivity index is 1.48. The van der Waals surface area contributed by atoms with E-state index < -0.39 is 65.9 Å². The number of H-pyrrole nitrogens is 1. The average molecular weight is 587 g/mol. The van der Waals surface area contributed by atoms with Gasteiger partial charge in [-0.2, -0.15) is 10.2 Å². The number of amides is 2. The molecule has 0 aliphatic carbocycles. The van der Waals surface area contributed by atoms with Crippen molar-refractivity contribution in [3.63, 3.8) is 0 Å². The van der Waals surface area contributed by atoms with Crippen molar-refractivity contribution in [3.8, 4) is 0 Å². The van der Waals surface area contributed by atoms with E-state index in [2.05, 4.69) is 15.2 Å². The summed E-state index contributed by atoms with van der Waals surface area (Å²) in [5, 5.41) is 31.4. The Bertz CT molecular complexity index is 1660. The molecule has 0 spiro atoms. The van der Waals surface area contributed by atoms with E-state index in [4.69, 9.17) is 4.74 Å². The number of carbonyl (C=O) groups excluding carboxylic acids is 2. The lowest BCUT2D eigenvalue weighted by Crippen LogP contribution is -2.44. The van der Waals surface area contributed by atoms with Crippen molar-refractivity contribution in [2.45, 2.75) is 44.6 Å². The number of aromatic amines is 1. The molecule has 1 fully saturated rings. The molecule has 3 aliphatic heterocycles. The van der Waals surface area contributed by atoms with E-state index in [1.165, 1.54) is 16.2 Å². The molecule has 1 saturated heterocycles. The number of benzene rings is 2. The Kier molecular flexibility index (Phi) is 7.38. The number of carbonyl (C=O) groups is 2. The van der Waals surface area contributed by atoms with Crippen LogP contribution in [0, 0.1) is 11.8 Å². The maximum Gasteiger partial charge on any atom is 0.330 e. The first-order chi connectivity index (χ1) is 20.7. The molecule has 4 heterocycles. The molecule has 13 heteroatoms. The van der Waals surface area contributed by atoms with Crippen molar-refractivity contribution in [3.05, 3.63) is 93.3 Å². The summed E-state index contributed by atoms with van der Waals surface area (Å²) in [6, 6.07) is 17.6. The molecule has 3 aliphatic rings. The highest BCUT2D eigenvalue weighted by molar-refractivity contribution is 6.19. The number of rotatable bonds is 7. The molecule has 3 aromatic rings. The lowest BCUT2D eigenvalue weighted by atomic mass is 9.73. The van der Waals surface area contributed by atoms with Crippen LogP contribution >= 0.6 is 0 Å². The number of anilines is 2. The molecule has 222 valence electrons. The number of hydrazone groups is 2. The van der Waals surface area contributed by atoms with Crippen LogP contribution in [0.1, 0.15) is 38.0 Å². The normalized spacial score (nSPS) is 26.2. The van der Waals surface area contributed by atoms with Crippen LogP contribution in [-0.4, -0.2) is 61.8 Å². The SMILES string of the molecule is CC1=NN(c2ccccc2)C(=O)C1C(c1cn([C@H]2C[C@H](O)[C@@H](CO)O2)c(=O)[nH]c1=O)C1C(=O)N(c2ccccc2)N=C1C. The number of aliphatic hydroxyl groups excluding tert-OH is 2. The van der Waals surface area contributed by atoms with Gasteiger partial charge in [-0.05, 0) is 38.1 Å². The number of aliphatic hydroxyl groups is 2. The van der Waals surface area contributed by atoms with Crippen molar-refractivity contribution in [1.82, 2.24) is 9.55 Å². The number of para-hydroxylation sites is 2. The highest BCUT2D eigenvalue weighted by atomic mass is 16.5. The second kappa shape index (κ2) is 11.2. The summed E-state index contributed by atoms with van der Waals surface area (Å²) in [7, 11) is 0. The molecule has 1 aromatic heterocycles. The number of ether oxygens (including phenoxy) is 1. The van der Waals surface area contributed by atoms with Crippen LogP contribution in [0.25, 0.3) is 0 Å². The first kappa shape index (κ1) is 28.4. The molecular formula is C30H30N6O7. The van der Waals surface area contributed by atoms with Gasteiger partial charge in [0.15, 0.2) is 0 Å². The molecule has 13 nitrogen and oxygen atoms in total. The van der Waals surface area contributed by atoms with Gasteiger partial charge in [-0.15, -0.1) is 0 Å². The molecular weight excluding hydrogens is 556 g/mol.